The van der Waals surface area contributed by atoms with Crippen molar-refractivity contribution in [2.75, 3.05) is 40.4 Å². The van der Waals surface area contributed by atoms with E-state index in [9.17, 15) is 9.18 Å². The van der Waals surface area contributed by atoms with E-state index in [-0.39, 0.29) is 5.75 Å². The molecule has 1 aliphatic heterocycles. The van der Waals surface area contributed by atoms with E-state index >= 15 is 0 Å². The van der Waals surface area contributed by atoms with Crippen LogP contribution in [-0.4, -0.2) is 51.3 Å². The van der Waals surface area contributed by atoms with Gasteiger partial charge in [0, 0.05) is 26.2 Å². The average Bonchev–Trinajstić information content (AvgIpc) is 2.54. The molecule has 0 aromatic heterocycles. The second-order valence-electron chi connectivity index (χ2n) is 5.15. The lowest BCUT2D eigenvalue weighted by molar-refractivity contribution is -0.155. The van der Waals surface area contributed by atoms with Crippen LogP contribution in [-0.2, 0) is 15.1 Å². The van der Waals surface area contributed by atoms with Crippen molar-refractivity contribution in [2.24, 2.45) is 0 Å². The number of hydrogen-bond acceptors (Lipinski definition) is 5. The highest BCUT2D eigenvalue weighted by Crippen LogP contribution is 2.32. The highest BCUT2D eigenvalue weighted by molar-refractivity contribution is 5.82. The molecule has 0 spiro atoms. The fraction of sp³-hybridized carbons (Fsp3) is 0.533. The number of ether oxygens (including phenoxy) is 2. The minimum Gasteiger partial charge on any atom is -0.494 e. The van der Waals surface area contributed by atoms with Gasteiger partial charge in [0.05, 0.1) is 14.2 Å². The number of methoxy groups -OCH3 is 2. The Morgan fingerprint density at radius 3 is 2.52 bits per heavy atom. The molecule has 1 aromatic rings. The fourth-order valence-electron chi connectivity index (χ4n) is 2.71. The van der Waals surface area contributed by atoms with E-state index < -0.39 is 17.3 Å². The number of nitrogens with zero attached hydrogens (tertiary/aromatic N) is 1. The Balaban J connectivity index is 2.44. The van der Waals surface area contributed by atoms with Crippen LogP contribution in [0.4, 0.5) is 4.39 Å². The minimum absolute atomic E-state index is 0.159. The van der Waals surface area contributed by atoms with Gasteiger partial charge in [-0.25, -0.2) is 9.18 Å². The highest BCUT2D eigenvalue weighted by atomic mass is 19.1. The summed E-state index contributed by atoms with van der Waals surface area (Å²) in [6, 6.07) is 4.59. The van der Waals surface area contributed by atoms with Gasteiger partial charge in [-0.3, -0.25) is 4.90 Å². The van der Waals surface area contributed by atoms with Gasteiger partial charge in [-0.15, -0.1) is 0 Å². The molecule has 116 valence electrons. The number of benzene rings is 1. The lowest BCUT2D eigenvalue weighted by Gasteiger charge is -2.41. The predicted octanol–water partition coefficient (Wildman–Crippen LogP) is 1.13. The number of rotatable bonds is 4. The Labute approximate surface area is 124 Å². The third-order valence-corrected chi connectivity index (χ3v) is 4.05. The van der Waals surface area contributed by atoms with Crippen LogP contribution in [0.25, 0.3) is 0 Å². The van der Waals surface area contributed by atoms with Crippen molar-refractivity contribution in [3.05, 3.63) is 29.6 Å². The summed E-state index contributed by atoms with van der Waals surface area (Å²) in [5, 5.41) is 3.24. The Morgan fingerprint density at radius 2 is 2.00 bits per heavy atom. The molecule has 1 unspecified atom stereocenters. The molecular weight excluding hydrogens is 275 g/mol. The molecular formula is C15H21FN2O3. The first kappa shape index (κ1) is 15.7. The van der Waals surface area contributed by atoms with Crippen LogP contribution >= 0.6 is 0 Å². The summed E-state index contributed by atoms with van der Waals surface area (Å²) >= 11 is 0. The van der Waals surface area contributed by atoms with Gasteiger partial charge in [0.1, 0.15) is 5.54 Å². The number of halogens is 1. The van der Waals surface area contributed by atoms with Crippen molar-refractivity contribution >= 4 is 5.97 Å². The van der Waals surface area contributed by atoms with Gasteiger partial charge in [0.25, 0.3) is 0 Å². The molecule has 1 aliphatic rings. The molecule has 1 atom stereocenters. The van der Waals surface area contributed by atoms with Gasteiger partial charge >= 0.3 is 5.97 Å². The molecule has 0 bridgehead atoms. The van der Waals surface area contributed by atoms with Crippen LogP contribution in [0.5, 0.6) is 5.75 Å². The van der Waals surface area contributed by atoms with E-state index in [2.05, 4.69) is 5.32 Å². The van der Waals surface area contributed by atoms with E-state index in [0.717, 1.165) is 13.1 Å². The van der Waals surface area contributed by atoms with Crippen molar-refractivity contribution in [1.82, 2.24) is 10.2 Å². The van der Waals surface area contributed by atoms with Gasteiger partial charge in [-0.2, -0.15) is 0 Å². The maximum atomic E-state index is 14.0. The quantitative estimate of drug-likeness (QED) is 0.844. The summed E-state index contributed by atoms with van der Waals surface area (Å²) in [5.41, 5.74) is -0.446. The molecule has 6 heteroatoms. The topological polar surface area (TPSA) is 50.8 Å². The molecule has 2 rings (SSSR count). The second-order valence-corrected chi connectivity index (χ2v) is 5.15. The summed E-state index contributed by atoms with van der Waals surface area (Å²) in [4.78, 5) is 14.4. The van der Waals surface area contributed by atoms with Gasteiger partial charge in [-0.1, -0.05) is 6.07 Å². The Bertz CT molecular complexity index is 518. The van der Waals surface area contributed by atoms with E-state index in [1.165, 1.54) is 26.4 Å². The lowest BCUT2D eigenvalue weighted by Crippen LogP contribution is -2.57. The summed E-state index contributed by atoms with van der Waals surface area (Å²) in [6.07, 6.45) is 0. The van der Waals surface area contributed by atoms with Crippen LogP contribution in [0.2, 0.25) is 0 Å². The van der Waals surface area contributed by atoms with Crippen molar-refractivity contribution in [3.63, 3.8) is 0 Å². The van der Waals surface area contributed by atoms with E-state index in [1.807, 2.05) is 4.90 Å². The number of esters is 1. The van der Waals surface area contributed by atoms with E-state index in [0.29, 0.717) is 18.7 Å². The van der Waals surface area contributed by atoms with Crippen LogP contribution in [0.15, 0.2) is 18.2 Å². The van der Waals surface area contributed by atoms with Crippen LogP contribution < -0.4 is 10.1 Å². The van der Waals surface area contributed by atoms with Gasteiger partial charge in [0.2, 0.25) is 0 Å². The molecule has 5 nitrogen and oxygen atoms in total. The maximum Gasteiger partial charge on any atom is 0.330 e. The molecule has 1 heterocycles. The number of nitrogens with one attached hydrogen (secondary N) is 1. The van der Waals surface area contributed by atoms with Gasteiger partial charge < -0.3 is 14.8 Å². The first-order valence-corrected chi connectivity index (χ1v) is 6.92. The number of carbonyl (C=O) groups is 1. The van der Waals surface area contributed by atoms with Crippen LogP contribution in [0.1, 0.15) is 12.5 Å². The van der Waals surface area contributed by atoms with Crippen molar-refractivity contribution in [1.29, 1.82) is 0 Å². The zero-order valence-electron chi connectivity index (χ0n) is 12.6. The van der Waals surface area contributed by atoms with E-state index in [1.54, 1.807) is 13.0 Å². The minimum atomic E-state index is -1.01. The highest BCUT2D eigenvalue weighted by Gasteiger charge is 2.43. The second kappa shape index (κ2) is 6.41. The fourth-order valence-corrected chi connectivity index (χ4v) is 2.71. The summed E-state index contributed by atoms with van der Waals surface area (Å²) in [7, 11) is 2.76. The zero-order valence-corrected chi connectivity index (χ0v) is 12.6. The maximum absolute atomic E-state index is 14.0. The molecule has 1 fully saturated rings. The van der Waals surface area contributed by atoms with Crippen molar-refractivity contribution in [2.45, 2.75) is 12.5 Å². The van der Waals surface area contributed by atoms with Crippen LogP contribution in [0, 0.1) is 5.82 Å². The summed E-state index contributed by atoms with van der Waals surface area (Å²) in [6.45, 7) is 4.72. The normalized spacial score (nSPS) is 18.9. The molecule has 1 aromatic carbocycles. The molecule has 0 saturated carbocycles. The Kier molecular flexibility index (Phi) is 4.80. The molecule has 0 amide bonds. The zero-order chi connectivity index (χ0) is 15.5. The Morgan fingerprint density at radius 1 is 1.33 bits per heavy atom. The number of piperazine rings is 1. The SMILES string of the molecule is COC(=O)C(C)(c1ccc(OC)c(F)c1)N1CCNCC1. The smallest absolute Gasteiger partial charge is 0.330 e. The molecule has 21 heavy (non-hydrogen) atoms. The van der Waals surface area contributed by atoms with Crippen molar-refractivity contribution < 1.29 is 18.7 Å². The summed E-state index contributed by atoms with van der Waals surface area (Å²) in [5.74, 6) is -0.722. The standard InChI is InChI=1S/C15H21FN2O3/c1-15(14(19)21-3,18-8-6-17-7-9-18)11-4-5-13(20-2)12(16)10-11/h4-5,10,17H,6-9H2,1-3H3. The van der Waals surface area contributed by atoms with Crippen molar-refractivity contribution in [3.8, 4) is 5.75 Å². The predicted molar refractivity (Wildman–Crippen MR) is 76.8 cm³/mol. The van der Waals surface area contributed by atoms with Gasteiger partial charge in [0.15, 0.2) is 11.6 Å². The molecule has 1 saturated heterocycles. The number of hydrogen-bond donors (Lipinski definition) is 1. The Hall–Kier alpha value is -1.66. The molecule has 1 N–H and O–H groups in total. The average molecular weight is 296 g/mol. The third-order valence-electron chi connectivity index (χ3n) is 4.05. The lowest BCUT2D eigenvalue weighted by atomic mass is 9.89. The monoisotopic (exact) mass is 296 g/mol. The van der Waals surface area contributed by atoms with E-state index in [4.69, 9.17) is 9.47 Å². The molecule has 0 radical (unpaired) electrons. The first-order chi connectivity index (χ1) is 10.0. The first-order valence-electron chi connectivity index (χ1n) is 6.92. The molecule has 0 aliphatic carbocycles. The third kappa shape index (κ3) is 2.87. The summed E-state index contributed by atoms with van der Waals surface area (Å²) < 4.78 is 23.9. The number of carbonyl (C=O) groups excluding carboxylic acids is 1. The van der Waals surface area contributed by atoms with Crippen LogP contribution in [0.3, 0.4) is 0 Å². The largest absolute Gasteiger partial charge is 0.494 e. The van der Waals surface area contributed by atoms with Gasteiger partial charge in [-0.05, 0) is 24.6 Å².